The molecule has 0 atom stereocenters. The number of likely N-dealkylation sites (tertiary alicyclic amines) is 1. The number of ether oxygens (including phenoxy) is 2. The Morgan fingerprint density at radius 2 is 1.69 bits per heavy atom. The molecule has 1 fully saturated rings. The molecule has 1 saturated heterocycles. The molecular weight excluding hydrogens is 379 g/mol. The van der Waals surface area contributed by atoms with E-state index in [-0.39, 0.29) is 11.9 Å². The Hall–Kier alpha value is -1.66. The van der Waals surface area contributed by atoms with Gasteiger partial charge in [0.25, 0.3) is 5.91 Å². The van der Waals surface area contributed by atoms with Crippen LogP contribution in [0.25, 0.3) is 0 Å². The lowest BCUT2D eigenvalue weighted by Gasteiger charge is -2.33. The predicted octanol–water partition coefficient (Wildman–Crippen LogP) is 4.13. The van der Waals surface area contributed by atoms with Crippen LogP contribution in [0, 0.1) is 0 Å². The number of carbonyl (C=O) groups excluding carboxylic acids is 2. The lowest BCUT2D eigenvalue weighted by molar-refractivity contribution is 0.0473. The summed E-state index contributed by atoms with van der Waals surface area (Å²) in [4.78, 5) is 26.2. The van der Waals surface area contributed by atoms with E-state index in [4.69, 9.17) is 32.7 Å². The molecule has 144 valence electrons. The fraction of sp³-hybridized carbons (Fsp3) is 0.556. The van der Waals surface area contributed by atoms with Gasteiger partial charge in [-0.2, -0.15) is 0 Å². The molecule has 0 saturated carbocycles. The van der Waals surface area contributed by atoms with Crippen molar-refractivity contribution < 1.29 is 19.1 Å². The molecule has 0 spiro atoms. The van der Waals surface area contributed by atoms with Crippen LogP contribution in [-0.2, 0) is 4.74 Å². The van der Waals surface area contributed by atoms with Crippen LogP contribution in [0.4, 0.5) is 4.79 Å². The second kappa shape index (κ2) is 8.35. The minimum Gasteiger partial charge on any atom is -0.494 e. The summed E-state index contributed by atoms with van der Waals surface area (Å²) in [6.07, 6.45) is 0.876. The number of alkyl carbamates (subject to hydrolysis) is 1. The first-order valence-electron chi connectivity index (χ1n) is 8.42. The highest BCUT2D eigenvalue weighted by molar-refractivity contribution is 6.37. The molecule has 1 aliphatic rings. The largest absolute Gasteiger partial charge is 0.494 e. The first kappa shape index (κ1) is 20.6. The van der Waals surface area contributed by atoms with Gasteiger partial charge in [-0.1, -0.05) is 23.2 Å². The summed E-state index contributed by atoms with van der Waals surface area (Å²) >= 11 is 12.2. The van der Waals surface area contributed by atoms with E-state index in [0.29, 0.717) is 47.3 Å². The van der Waals surface area contributed by atoms with Crippen molar-refractivity contribution in [1.29, 1.82) is 0 Å². The van der Waals surface area contributed by atoms with Gasteiger partial charge in [0, 0.05) is 24.7 Å². The molecule has 1 N–H and O–H groups in total. The zero-order chi connectivity index (χ0) is 19.5. The van der Waals surface area contributed by atoms with Gasteiger partial charge in [-0.3, -0.25) is 4.79 Å². The van der Waals surface area contributed by atoms with E-state index >= 15 is 0 Å². The van der Waals surface area contributed by atoms with Gasteiger partial charge in [-0.15, -0.1) is 0 Å². The van der Waals surface area contributed by atoms with Gasteiger partial charge in [0.15, 0.2) is 5.75 Å². The monoisotopic (exact) mass is 402 g/mol. The van der Waals surface area contributed by atoms with Gasteiger partial charge >= 0.3 is 6.09 Å². The van der Waals surface area contributed by atoms with Gasteiger partial charge < -0.3 is 19.7 Å². The quantitative estimate of drug-likeness (QED) is 0.824. The molecule has 6 nitrogen and oxygen atoms in total. The van der Waals surface area contributed by atoms with Crippen LogP contribution >= 0.6 is 23.2 Å². The molecule has 1 aromatic carbocycles. The van der Waals surface area contributed by atoms with Crippen molar-refractivity contribution in [1.82, 2.24) is 10.2 Å². The van der Waals surface area contributed by atoms with Gasteiger partial charge in [0.2, 0.25) is 0 Å². The van der Waals surface area contributed by atoms with Gasteiger partial charge in [-0.25, -0.2) is 4.79 Å². The maximum Gasteiger partial charge on any atom is 0.407 e. The van der Waals surface area contributed by atoms with Gasteiger partial charge in [0.05, 0.1) is 17.2 Å². The number of nitrogens with one attached hydrogen (secondary N) is 1. The summed E-state index contributed by atoms with van der Waals surface area (Å²) in [6.45, 7) is 6.51. The molecule has 1 aliphatic heterocycles. The summed E-state index contributed by atoms with van der Waals surface area (Å²) in [5.74, 6) is 0.206. The van der Waals surface area contributed by atoms with Crippen molar-refractivity contribution in [3.05, 3.63) is 27.7 Å². The Bertz CT molecular complexity index is 657. The SMILES string of the molecule is COc1c(Cl)cc(C(=O)N2CCC(NC(=O)OC(C)(C)C)CC2)cc1Cl. The molecule has 8 heteroatoms. The van der Waals surface area contributed by atoms with Crippen LogP contribution in [0.2, 0.25) is 10.0 Å². The van der Waals surface area contributed by atoms with E-state index in [0.717, 1.165) is 0 Å². The first-order valence-corrected chi connectivity index (χ1v) is 9.18. The number of rotatable bonds is 3. The average Bonchev–Trinajstić information content (AvgIpc) is 2.52. The molecule has 1 aromatic rings. The smallest absolute Gasteiger partial charge is 0.407 e. The number of halogens is 2. The average molecular weight is 403 g/mol. The van der Waals surface area contributed by atoms with Crippen molar-refractivity contribution in [2.24, 2.45) is 0 Å². The summed E-state index contributed by atoms with van der Waals surface area (Å²) in [5, 5.41) is 3.44. The van der Waals surface area contributed by atoms with Crippen LogP contribution in [0.3, 0.4) is 0 Å². The highest BCUT2D eigenvalue weighted by Gasteiger charge is 2.27. The third-order valence-corrected chi connectivity index (χ3v) is 4.51. The molecule has 0 bridgehead atoms. The molecule has 1 heterocycles. The molecular formula is C18H24Cl2N2O4. The number of benzene rings is 1. The highest BCUT2D eigenvalue weighted by atomic mass is 35.5. The number of nitrogens with zero attached hydrogens (tertiary/aromatic N) is 1. The number of amides is 2. The van der Waals surface area contributed by atoms with Crippen LogP contribution in [0.15, 0.2) is 12.1 Å². The van der Waals surface area contributed by atoms with Crippen molar-refractivity contribution in [3.8, 4) is 5.75 Å². The molecule has 0 aromatic heterocycles. The number of carbonyl (C=O) groups is 2. The Morgan fingerprint density at radius 3 is 2.15 bits per heavy atom. The lowest BCUT2D eigenvalue weighted by Crippen LogP contribution is -2.47. The van der Waals surface area contributed by atoms with Gasteiger partial charge in [-0.05, 0) is 45.7 Å². The third-order valence-electron chi connectivity index (χ3n) is 3.95. The highest BCUT2D eigenvalue weighted by Crippen LogP contribution is 2.34. The van der Waals surface area contributed by atoms with Crippen LogP contribution in [0.1, 0.15) is 44.0 Å². The standard InChI is InChI=1S/C18H24Cl2N2O4/c1-18(2,3)26-17(24)21-12-5-7-22(8-6-12)16(23)11-9-13(19)15(25-4)14(20)10-11/h9-10,12H,5-8H2,1-4H3,(H,21,24). The van der Waals surface area contributed by atoms with Crippen molar-refractivity contribution >= 4 is 35.2 Å². The van der Waals surface area contributed by atoms with E-state index in [1.807, 2.05) is 20.8 Å². The molecule has 0 unspecified atom stereocenters. The van der Waals surface area contributed by atoms with E-state index in [9.17, 15) is 9.59 Å². The van der Waals surface area contributed by atoms with E-state index in [1.165, 1.54) is 7.11 Å². The Labute approximate surface area is 163 Å². The van der Waals surface area contributed by atoms with E-state index in [2.05, 4.69) is 5.32 Å². The lowest BCUT2D eigenvalue weighted by atomic mass is 10.0. The number of hydrogen-bond donors (Lipinski definition) is 1. The topological polar surface area (TPSA) is 67.9 Å². The van der Waals surface area contributed by atoms with Crippen LogP contribution in [0.5, 0.6) is 5.75 Å². The van der Waals surface area contributed by atoms with Crippen molar-refractivity contribution in [3.63, 3.8) is 0 Å². The maximum absolute atomic E-state index is 12.7. The second-order valence-electron chi connectivity index (χ2n) is 7.19. The molecule has 2 rings (SSSR count). The predicted molar refractivity (Wildman–Crippen MR) is 101 cm³/mol. The second-order valence-corrected chi connectivity index (χ2v) is 8.00. The van der Waals surface area contributed by atoms with E-state index < -0.39 is 11.7 Å². The van der Waals surface area contributed by atoms with Crippen molar-refractivity contribution in [2.75, 3.05) is 20.2 Å². The summed E-state index contributed by atoms with van der Waals surface area (Å²) in [7, 11) is 1.47. The molecule has 2 amide bonds. The first-order chi connectivity index (χ1) is 12.1. The normalized spacial score (nSPS) is 15.5. The maximum atomic E-state index is 12.7. The number of methoxy groups -OCH3 is 1. The Kier molecular flexibility index (Phi) is 6.64. The fourth-order valence-corrected chi connectivity index (χ4v) is 3.40. The number of hydrogen-bond acceptors (Lipinski definition) is 4. The Morgan fingerprint density at radius 1 is 1.15 bits per heavy atom. The number of piperidine rings is 1. The summed E-state index contributed by atoms with van der Waals surface area (Å²) in [6, 6.07) is 3.09. The molecule has 26 heavy (non-hydrogen) atoms. The summed E-state index contributed by atoms with van der Waals surface area (Å²) < 4.78 is 10.4. The zero-order valence-corrected chi connectivity index (χ0v) is 16.9. The van der Waals surface area contributed by atoms with Crippen LogP contribution in [-0.4, -0.2) is 48.7 Å². The third kappa shape index (κ3) is 5.42. The van der Waals surface area contributed by atoms with Crippen molar-refractivity contribution in [2.45, 2.75) is 45.3 Å². The minimum absolute atomic E-state index is 0.0167. The zero-order valence-electron chi connectivity index (χ0n) is 15.4. The molecule has 0 radical (unpaired) electrons. The Balaban J connectivity index is 1.93. The summed E-state index contributed by atoms with van der Waals surface area (Å²) in [5.41, 5.74) is -0.118. The fourth-order valence-electron chi connectivity index (χ4n) is 2.76. The minimum atomic E-state index is -0.534. The molecule has 0 aliphatic carbocycles. The van der Waals surface area contributed by atoms with E-state index in [1.54, 1.807) is 17.0 Å². The van der Waals surface area contributed by atoms with Gasteiger partial charge in [0.1, 0.15) is 5.60 Å². The van der Waals surface area contributed by atoms with Crippen LogP contribution < -0.4 is 10.1 Å².